The normalized spacial score (nSPS) is 11.6. The minimum Gasteiger partial charge on any atom is -0.340 e. The Balaban J connectivity index is 1.47. The maximum absolute atomic E-state index is 3.24. The molecule has 0 amide bonds. The summed E-state index contributed by atoms with van der Waals surface area (Å²) in [6.07, 6.45) is 13.8. The number of benzene rings is 2. The molecule has 132 valence electrons. The predicted molar refractivity (Wildman–Crippen MR) is 109 cm³/mol. The fraction of sp³-hybridized carbons (Fsp3) is 0.500. The molecule has 0 aliphatic carbocycles. The van der Waals surface area contributed by atoms with Gasteiger partial charge in [0.25, 0.3) is 0 Å². The Labute approximate surface area is 153 Å². The summed E-state index contributed by atoms with van der Waals surface area (Å²) >= 11 is 0. The van der Waals surface area contributed by atoms with Crippen LogP contribution in [0.1, 0.15) is 71.1 Å². The average Bonchev–Trinajstić information content (AvgIpc) is 2.97. The van der Waals surface area contributed by atoms with Crippen LogP contribution in [0.25, 0.3) is 21.8 Å². The molecule has 2 aromatic carbocycles. The molecular weight excluding hydrogens is 302 g/mol. The molecule has 0 spiro atoms. The Hall–Kier alpha value is -1.76. The van der Waals surface area contributed by atoms with E-state index < -0.39 is 0 Å². The molecule has 0 fully saturated rings. The first-order valence-electron chi connectivity index (χ1n) is 10.2. The van der Waals surface area contributed by atoms with Crippen LogP contribution in [-0.4, -0.2) is 4.57 Å². The van der Waals surface area contributed by atoms with Crippen molar-refractivity contribution in [2.24, 2.45) is 0 Å². The van der Waals surface area contributed by atoms with Crippen molar-refractivity contribution >= 4 is 21.8 Å². The monoisotopic (exact) mass is 333 g/mol. The molecule has 0 unspecified atom stereocenters. The topological polar surface area (TPSA) is 4.93 Å². The van der Waals surface area contributed by atoms with Gasteiger partial charge in [0.15, 0.2) is 0 Å². The molecule has 3 aromatic rings. The molecule has 25 heavy (non-hydrogen) atoms. The number of rotatable bonds is 11. The van der Waals surface area contributed by atoms with E-state index in [0.29, 0.717) is 0 Å². The van der Waals surface area contributed by atoms with Crippen LogP contribution in [0.2, 0.25) is 0 Å². The van der Waals surface area contributed by atoms with Crippen molar-refractivity contribution in [3.8, 4) is 0 Å². The average molecular weight is 334 g/mol. The lowest BCUT2D eigenvalue weighted by Gasteiger charge is -2.07. The highest BCUT2D eigenvalue weighted by Gasteiger charge is 2.08. The van der Waals surface area contributed by atoms with Crippen molar-refractivity contribution in [3.05, 3.63) is 48.5 Å². The van der Waals surface area contributed by atoms with Gasteiger partial charge in [-0.2, -0.15) is 0 Å². The summed E-state index contributed by atoms with van der Waals surface area (Å²) in [5, 5.41) is 2.68. The first-order valence-corrected chi connectivity index (χ1v) is 10.2. The third-order valence-electron chi connectivity index (χ3n) is 5.29. The van der Waals surface area contributed by atoms with Gasteiger partial charge in [-0.1, -0.05) is 89.0 Å². The van der Waals surface area contributed by atoms with Gasteiger partial charge in [-0.25, -0.2) is 0 Å². The van der Waals surface area contributed by atoms with Crippen LogP contribution in [-0.2, 0) is 6.54 Å². The molecule has 0 N–H and O–H groups in total. The lowest BCUT2D eigenvalue weighted by Crippen LogP contribution is -1.97. The van der Waals surface area contributed by atoms with Crippen molar-refractivity contribution in [1.82, 2.24) is 4.57 Å². The Kier molecular flexibility index (Phi) is 6.97. The Morgan fingerprint density at radius 2 is 1.16 bits per heavy atom. The van der Waals surface area contributed by atoms with Crippen molar-refractivity contribution in [1.29, 1.82) is 0 Å². The molecule has 0 saturated carbocycles. The molecule has 3 rings (SSSR count). The first kappa shape index (κ1) is 18.0. The summed E-state index contributed by atoms with van der Waals surface area (Å²) in [7, 11) is 0. The van der Waals surface area contributed by atoms with E-state index in [-0.39, 0.29) is 0 Å². The molecule has 2 radical (unpaired) electrons. The van der Waals surface area contributed by atoms with Crippen molar-refractivity contribution in [2.45, 2.75) is 77.7 Å². The summed E-state index contributed by atoms with van der Waals surface area (Å²) in [6.45, 7) is 3.39. The minimum absolute atomic E-state index is 1.10. The fourth-order valence-corrected chi connectivity index (χ4v) is 3.87. The maximum atomic E-state index is 3.24. The number of fused-ring (bicyclic) bond motifs is 3. The number of hydrogen-bond donors (Lipinski definition) is 0. The van der Waals surface area contributed by atoms with Crippen LogP contribution < -0.4 is 0 Å². The lowest BCUT2D eigenvalue weighted by atomic mass is 10.1. The molecule has 1 heteroatoms. The minimum atomic E-state index is 1.10. The molecule has 0 atom stereocenters. The van der Waals surface area contributed by atoms with E-state index in [1.54, 1.807) is 0 Å². The highest BCUT2D eigenvalue weighted by molar-refractivity contribution is 6.07. The van der Waals surface area contributed by atoms with Crippen LogP contribution in [0.5, 0.6) is 0 Å². The van der Waals surface area contributed by atoms with Gasteiger partial charge in [0.05, 0.1) is 0 Å². The van der Waals surface area contributed by atoms with Crippen molar-refractivity contribution < 1.29 is 0 Å². The summed E-state index contributed by atoms with van der Waals surface area (Å²) < 4.78 is 2.46. The molecule has 1 nitrogen and oxygen atoms in total. The highest BCUT2D eigenvalue weighted by Crippen LogP contribution is 2.28. The second kappa shape index (κ2) is 9.65. The van der Waals surface area contributed by atoms with Crippen molar-refractivity contribution in [3.63, 3.8) is 0 Å². The van der Waals surface area contributed by atoms with E-state index in [2.05, 4.69) is 47.9 Å². The fourth-order valence-electron chi connectivity index (χ4n) is 3.87. The van der Waals surface area contributed by atoms with Crippen LogP contribution in [0, 0.1) is 12.1 Å². The quantitative estimate of drug-likeness (QED) is 0.324. The summed E-state index contributed by atoms with van der Waals surface area (Å²) in [6, 6.07) is 19.2. The van der Waals surface area contributed by atoms with Crippen LogP contribution in [0.15, 0.2) is 36.4 Å². The van der Waals surface area contributed by atoms with E-state index in [4.69, 9.17) is 0 Å². The van der Waals surface area contributed by atoms with E-state index in [9.17, 15) is 0 Å². The summed E-state index contributed by atoms with van der Waals surface area (Å²) in [4.78, 5) is 0. The zero-order valence-electron chi connectivity index (χ0n) is 15.7. The molecule has 1 aromatic heterocycles. The molecule has 0 saturated heterocycles. The van der Waals surface area contributed by atoms with Gasteiger partial charge in [0.1, 0.15) is 0 Å². The summed E-state index contributed by atoms with van der Waals surface area (Å²) in [5.74, 6) is 0. The standard InChI is InChI=1S/C24H31N/c1-2-3-4-5-6-7-8-9-10-15-20-25-23-18-13-11-16-21(23)22-17-12-14-19-24(22)25/h11-12,16-19H,2-10,15,20H2,1H3. The second-order valence-corrected chi connectivity index (χ2v) is 7.22. The third-order valence-corrected chi connectivity index (χ3v) is 5.29. The molecular formula is C24H31N. The number of nitrogens with zero attached hydrogens (tertiary/aromatic N) is 1. The molecule has 0 bridgehead atoms. The van der Waals surface area contributed by atoms with Gasteiger partial charge in [-0.15, -0.1) is 0 Å². The van der Waals surface area contributed by atoms with Crippen LogP contribution >= 0.6 is 0 Å². The van der Waals surface area contributed by atoms with E-state index in [1.807, 2.05) is 12.1 Å². The largest absolute Gasteiger partial charge is 0.340 e. The van der Waals surface area contributed by atoms with E-state index in [0.717, 1.165) is 6.54 Å². The van der Waals surface area contributed by atoms with E-state index >= 15 is 0 Å². The molecule has 0 aliphatic heterocycles. The molecule has 0 aliphatic rings. The predicted octanol–water partition coefficient (Wildman–Crippen LogP) is 7.32. The van der Waals surface area contributed by atoms with Crippen LogP contribution in [0.3, 0.4) is 0 Å². The Bertz CT molecular complexity index is 715. The number of hydrogen-bond acceptors (Lipinski definition) is 0. The SMILES string of the molecule is CCCCCCCCCCCCn1c2c[c]ccc2c2cc[c]cc21. The van der Waals surface area contributed by atoms with E-state index in [1.165, 1.54) is 86.0 Å². The van der Waals surface area contributed by atoms with Gasteiger partial charge < -0.3 is 4.57 Å². The van der Waals surface area contributed by atoms with Crippen LogP contribution in [0.4, 0.5) is 0 Å². The highest BCUT2D eigenvalue weighted by atomic mass is 15.0. The lowest BCUT2D eigenvalue weighted by molar-refractivity contribution is 0.541. The van der Waals surface area contributed by atoms with Gasteiger partial charge in [-0.3, -0.25) is 0 Å². The Morgan fingerprint density at radius 1 is 0.680 bits per heavy atom. The second-order valence-electron chi connectivity index (χ2n) is 7.22. The van der Waals surface area contributed by atoms with Gasteiger partial charge in [0.2, 0.25) is 0 Å². The molecule has 1 heterocycles. The third kappa shape index (κ3) is 4.66. The number of aryl methyl sites for hydroxylation is 1. The zero-order valence-corrected chi connectivity index (χ0v) is 15.7. The maximum Gasteiger partial charge on any atom is 0.0497 e. The van der Waals surface area contributed by atoms with Gasteiger partial charge >= 0.3 is 0 Å². The summed E-state index contributed by atoms with van der Waals surface area (Å²) in [5.41, 5.74) is 2.63. The van der Waals surface area contributed by atoms with Crippen molar-refractivity contribution in [2.75, 3.05) is 0 Å². The Morgan fingerprint density at radius 3 is 1.68 bits per heavy atom. The number of unbranched alkanes of at least 4 members (excludes halogenated alkanes) is 9. The van der Waals surface area contributed by atoms with Gasteiger partial charge in [0, 0.05) is 28.4 Å². The smallest absolute Gasteiger partial charge is 0.0497 e. The van der Waals surface area contributed by atoms with Gasteiger partial charge in [-0.05, 0) is 30.7 Å². The zero-order chi connectivity index (χ0) is 17.3. The number of aromatic nitrogens is 1. The first-order chi connectivity index (χ1) is 12.4.